The molecule has 0 unspecified atom stereocenters. The Morgan fingerprint density at radius 1 is 0.821 bits per heavy atom. The highest BCUT2D eigenvalue weighted by Crippen LogP contribution is 2.21. The van der Waals surface area contributed by atoms with E-state index in [4.69, 9.17) is 13.3 Å². The molecule has 7 heteroatoms. The van der Waals surface area contributed by atoms with E-state index < -0.39 is 8.80 Å². The van der Waals surface area contributed by atoms with Crippen molar-refractivity contribution in [3.63, 3.8) is 0 Å². The molecular formula is C21H33ClN2O3Si. The van der Waals surface area contributed by atoms with Gasteiger partial charge >= 0.3 is 8.80 Å². The average molecular weight is 425 g/mol. The van der Waals surface area contributed by atoms with Crippen LogP contribution in [-0.2, 0) is 13.3 Å². The number of quaternary nitrogens is 1. The molecule has 0 saturated heterocycles. The molecule has 0 heterocycles. The zero-order chi connectivity index (χ0) is 19.4. The smallest absolute Gasteiger partial charge is 0.500 e. The van der Waals surface area contributed by atoms with Crippen molar-refractivity contribution in [3.05, 3.63) is 71.8 Å². The molecule has 2 rings (SSSR count). The fourth-order valence-electron chi connectivity index (χ4n) is 3.21. The summed E-state index contributed by atoms with van der Waals surface area (Å²) < 4.78 is 16.4. The normalized spacial score (nSPS) is 11.4. The zero-order valence-electron chi connectivity index (χ0n) is 17.1. The number of halogens is 1. The predicted molar refractivity (Wildman–Crippen MR) is 111 cm³/mol. The second kappa shape index (κ2) is 13.8. The maximum atomic E-state index is 5.46. The van der Waals surface area contributed by atoms with Crippen molar-refractivity contribution in [2.45, 2.75) is 18.5 Å². The van der Waals surface area contributed by atoms with Crippen molar-refractivity contribution in [3.8, 4) is 0 Å². The first-order chi connectivity index (χ1) is 13.2. The van der Waals surface area contributed by atoms with E-state index in [0.717, 1.165) is 32.1 Å². The fourth-order valence-corrected chi connectivity index (χ4v) is 4.96. The van der Waals surface area contributed by atoms with E-state index in [1.807, 2.05) is 0 Å². The molecule has 0 aliphatic heterocycles. The summed E-state index contributed by atoms with van der Waals surface area (Å²) in [4.78, 5) is 0. The molecule has 0 fully saturated rings. The second-order valence-electron chi connectivity index (χ2n) is 6.47. The molecule has 156 valence electrons. The van der Waals surface area contributed by atoms with Crippen LogP contribution in [0, 0.1) is 0 Å². The molecule has 3 N–H and O–H groups in total. The minimum Gasteiger partial charge on any atom is -1.00 e. The zero-order valence-corrected chi connectivity index (χ0v) is 18.8. The van der Waals surface area contributed by atoms with Crippen LogP contribution in [0.2, 0.25) is 6.04 Å². The molecule has 2 aromatic carbocycles. The maximum Gasteiger partial charge on any atom is 0.500 e. The van der Waals surface area contributed by atoms with Crippen LogP contribution < -0.4 is 23.0 Å². The lowest BCUT2D eigenvalue weighted by Crippen LogP contribution is -3.00. The molecule has 0 amide bonds. The van der Waals surface area contributed by atoms with Gasteiger partial charge in [0.1, 0.15) is 0 Å². The molecular weight excluding hydrogens is 392 g/mol. The van der Waals surface area contributed by atoms with Gasteiger partial charge in [0.05, 0.1) is 19.1 Å². The van der Waals surface area contributed by atoms with E-state index >= 15 is 0 Å². The Morgan fingerprint density at radius 2 is 1.32 bits per heavy atom. The van der Waals surface area contributed by atoms with E-state index in [-0.39, 0.29) is 18.4 Å². The van der Waals surface area contributed by atoms with E-state index in [9.17, 15) is 0 Å². The highest BCUT2D eigenvalue weighted by molar-refractivity contribution is 6.60. The summed E-state index contributed by atoms with van der Waals surface area (Å²) >= 11 is 0. The Morgan fingerprint density at radius 3 is 1.79 bits per heavy atom. The third-order valence-corrected chi connectivity index (χ3v) is 7.62. The predicted octanol–water partition coefficient (Wildman–Crippen LogP) is -0.799. The highest BCUT2D eigenvalue weighted by Gasteiger charge is 2.37. The molecule has 0 saturated carbocycles. The minimum atomic E-state index is -2.43. The Balaban J connectivity index is 0.00000392. The standard InChI is InChI=1S/C21H32N2O3Si.ClH/c1-24-27(25-2,26-3)18-10-15-22-16-17-23-21(19-11-6-4-7-12-19)20-13-8-5-9-14-20;/h4-9,11-14,21-23H,10,15-18H2,1-3H3;1H. The van der Waals surface area contributed by atoms with Gasteiger partial charge in [0, 0.05) is 40.3 Å². The third kappa shape index (κ3) is 7.64. The lowest BCUT2D eigenvalue weighted by molar-refractivity contribution is -0.653. The van der Waals surface area contributed by atoms with Gasteiger partial charge in [-0.3, -0.25) is 0 Å². The van der Waals surface area contributed by atoms with Gasteiger partial charge in [-0.25, -0.2) is 0 Å². The van der Waals surface area contributed by atoms with Crippen molar-refractivity contribution in [1.82, 2.24) is 5.32 Å². The molecule has 5 nitrogen and oxygen atoms in total. The van der Waals surface area contributed by atoms with Crippen LogP contribution in [0.1, 0.15) is 23.6 Å². The second-order valence-corrected chi connectivity index (χ2v) is 9.56. The van der Waals surface area contributed by atoms with Crippen molar-refractivity contribution in [1.29, 1.82) is 0 Å². The van der Waals surface area contributed by atoms with Crippen LogP contribution in [0.3, 0.4) is 0 Å². The molecule has 0 atom stereocenters. The van der Waals surface area contributed by atoms with Crippen LogP contribution in [0.15, 0.2) is 60.7 Å². The summed E-state index contributed by atoms with van der Waals surface area (Å²) in [5.74, 6) is 0. The Hall–Kier alpha value is -1.25. The van der Waals surface area contributed by atoms with Crippen LogP contribution in [0.5, 0.6) is 0 Å². The van der Waals surface area contributed by atoms with Crippen LogP contribution in [0.4, 0.5) is 0 Å². The number of hydrogen-bond donors (Lipinski definition) is 2. The van der Waals surface area contributed by atoms with Crippen molar-refractivity contribution in [2.24, 2.45) is 0 Å². The Labute approximate surface area is 176 Å². The highest BCUT2D eigenvalue weighted by atomic mass is 35.5. The average Bonchev–Trinajstić information content (AvgIpc) is 2.74. The fraction of sp³-hybridized carbons (Fsp3) is 0.429. The van der Waals surface area contributed by atoms with Crippen LogP contribution in [0.25, 0.3) is 0 Å². The van der Waals surface area contributed by atoms with Gasteiger partial charge in [0.25, 0.3) is 0 Å². The minimum absolute atomic E-state index is 0. The molecule has 0 aliphatic rings. The summed E-state index contributed by atoms with van der Waals surface area (Å²) in [6.45, 7) is 3.00. The number of nitrogens with two attached hydrogens (primary N) is 1. The molecule has 0 aromatic heterocycles. The summed E-state index contributed by atoms with van der Waals surface area (Å²) in [6.07, 6.45) is 1.02. The van der Waals surface area contributed by atoms with Gasteiger partial charge in [0.2, 0.25) is 0 Å². The van der Waals surface area contributed by atoms with E-state index in [2.05, 4.69) is 71.3 Å². The van der Waals surface area contributed by atoms with E-state index in [0.29, 0.717) is 0 Å². The number of benzene rings is 2. The Bertz CT molecular complexity index is 582. The van der Waals surface area contributed by atoms with Gasteiger partial charge in [-0.1, -0.05) is 60.7 Å². The first-order valence-electron chi connectivity index (χ1n) is 9.55. The van der Waals surface area contributed by atoms with Crippen molar-refractivity contribution >= 4 is 8.80 Å². The van der Waals surface area contributed by atoms with Crippen LogP contribution >= 0.6 is 0 Å². The third-order valence-electron chi connectivity index (χ3n) is 4.79. The van der Waals surface area contributed by atoms with Crippen molar-refractivity contribution < 1.29 is 31.0 Å². The van der Waals surface area contributed by atoms with E-state index in [1.165, 1.54) is 11.1 Å². The largest absolute Gasteiger partial charge is 1.00 e. The monoisotopic (exact) mass is 424 g/mol. The molecule has 0 spiro atoms. The number of rotatable bonds is 13. The van der Waals surface area contributed by atoms with Gasteiger partial charge in [-0.15, -0.1) is 0 Å². The van der Waals surface area contributed by atoms with E-state index in [1.54, 1.807) is 21.3 Å². The lowest BCUT2D eigenvalue weighted by atomic mass is 9.99. The van der Waals surface area contributed by atoms with Crippen molar-refractivity contribution in [2.75, 3.05) is 41.0 Å². The molecule has 0 bridgehead atoms. The van der Waals surface area contributed by atoms with Crippen LogP contribution in [-0.4, -0.2) is 49.8 Å². The maximum absolute atomic E-state index is 5.46. The first-order valence-corrected chi connectivity index (χ1v) is 11.5. The number of nitrogens with one attached hydrogen (secondary N) is 1. The van der Waals surface area contributed by atoms with Gasteiger partial charge in [0.15, 0.2) is 0 Å². The summed E-state index contributed by atoms with van der Waals surface area (Å²) in [6, 6.07) is 22.3. The molecule has 0 radical (unpaired) electrons. The molecule has 2 aromatic rings. The molecule has 0 aliphatic carbocycles. The van der Waals surface area contributed by atoms with Gasteiger partial charge in [-0.05, 0) is 11.1 Å². The SMILES string of the molecule is CO[Si](CCC[NH2+]CCNC(c1ccccc1)c1ccccc1)(OC)OC.[Cl-]. The van der Waals surface area contributed by atoms with Gasteiger partial charge < -0.3 is 36.3 Å². The summed E-state index contributed by atoms with van der Waals surface area (Å²) in [5, 5.41) is 6.03. The molecule has 28 heavy (non-hydrogen) atoms. The summed E-state index contributed by atoms with van der Waals surface area (Å²) in [7, 11) is 2.57. The quantitative estimate of drug-likeness (QED) is 0.326. The number of hydrogen-bond acceptors (Lipinski definition) is 4. The summed E-state index contributed by atoms with van der Waals surface area (Å²) in [5.41, 5.74) is 2.58. The first kappa shape index (κ1) is 24.8. The lowest BCUT2D eigenvalue weighted by Gasteiger charge is -2.23. The Kier molecular flexibility index (Phi) is 12.3. The topological polar surface area (TPSA) is 56.3 Å². The van der Waals surface area contributed by atoms with Gasteiger partial charge in [-0.2, -0.15) is 0 Å².